The summed E-state index contributed by atoms with van der Waals surface area (Å²) in [6.07, 6.45) is -4.99. The number of hydrogen-bond acceptors (Lipinski definition) is 3. The normalized spacial score (nSPS) is 17.6. The van der Waals surface area contributed by atoms with Gasteiger partial charge in [-0.2, -0.15) is 13.2 Å². The van der Waals surface area contributed by atoms with Crippen LogP contribution in [0.15, 0.2) is 0 Å². The van der Waals surface area contributed by atoms with Gasteiger partial charge in [0.25, 0.3) is 0 Å². The highest BCUT2D eigenvalue weighted by Gasteiger charge is 2.56. The van der Waals surface area contributed by atoms with Crippen molar-refractivity contribution < 1.29 is 23.1 Å². The molecule has 0 amide bonds. The van der Waals surface area contributed by atoms with Crippen LogP contribution < -0.4 is 5.73 Å². The lowest BCUT2D eigenvalue weighted by atomic mass is 9.99. The van der Waals surface area contributed by atoms with E-state index in [2.05, 4.69) is 5.73 Å². The first kappa shape index (κ1) is 10.4. The number of carbonyl (C=O) groups excluding carboxylic acids is 1. The summed E-state index contributed by atoms with van der Waals surface area (Å²) in [5, 5.41) is 8.63. The van der Waals surface area contributed by atoms with Gasteiger partial charge in [0, 0.05) is 6.54 Å². The minimum absolute atomic E-state index is 0.639. The van der Waals surface area contributed by atoms with Gasteiger partial charge < -0.3 is 10.8 Å². The van der Waals surface area contributed by atoms with Gasteiger partial charge in [0.1, 0.15) is 0 Å². The van der Waals surface area contributed by atoms with Crippen LogP contribution in [0.1, 0.15) is 6.92 Å². The van der Waals surface area contributed by atoms with E-state index in [-0.39, 0.29) is 0 Å². The average molecular weight is 171 g/mol. The van der Waals surface area contributed by atoms with Crippen molar-refractivity contribution in [2.45, 2.75) is 18.7 Å². The number of hydrogen-bond donors (Lipinski definition) is 2. The summed E-state index contributed by atoms with van der Waals surface area (Å²) in [5.74, 6) is -1.40. The van der Waals surface area contributed by atoms with E-state index in [0.717, 1.165) is 0 Å². The van der Waals surface area contributed by atoms with E-state index in [4.69, 9.17) is 5.11 Å². The van der Waals surface area contributed by atoms with Crippen LogP contribution in [0, 0.1) is 0 Å². The van der Waals surface area contributed by atoms with Crippen molar-refractivity contribution >= 4 is 5.78 Å². The SMILES string of the molecule is CC(=O)[C@](O)(CN)C(F)(F)F. The number of halogens is 3. The highest BCUT2D eigenvalue weighted by atomic mass is 19.4. The third-order valence-corrected chi connectivity index (χ3v) is 1.35. The second-order valence-electron chi connectivity index (χ2n) is 2.12. The van der Waals surface area contributed by atoms with Crippen LogP contribution in [-0.2, 0) is 4.79 Å². The Morgan fingerprint density at radius 1 is 1.55 bits per heavy atom. The summed E-state index contributed by atoms with van der Waals surface area (Å²) in [4.78, 5) is 10.3. The number of nitrogens with two attached hydrogens (primary N) is 1. The maximum absolute atomic E-state index is 11.8. The van der Waals surface area contributed by atoms with E-state index in [1.165, 1.54) is 0 Å². The van der Waals surface area contributed by atoms with Gasteiger partial charge in [0.15, 0.2) is 5.78 Å². The van der Waals surface area contributed by atoms with Gasteiger partial charge in [0.05, 0.1) is 0 Å². The van der Waals surface area contributed by atoms with E-state index in [1.807, 2.05) is 0 Å². The molecule has 0 unspecified atom stereocenters. The Hall–Kier alpha value is -0.620. The van der Waals surface area contributed by atoms with E-state index in [9.17, 15) is 18.0 Å². The number of Topliss-reactive ketones (excluding diaryl/α,β-unsaturated/α-hetero) is 1. The lowest BCUT2D eigenvalue weighted by molar-refractivity contribution is -0.245. The molecule has 3 N–H and O–H groups in total. The molecule has 11 heavy (non-hydrogen) atoms. The number of ketones is 1. The molecule has 3 nitrogen and oxygen atoms in total. The van der Waals surface area contributed by atoms with Crippen LogP contribution in [0.25, 0.3) is 0 Å². The predicted octanol–water partition coefficient (Wildman–Crippen LogP) is -0.172. The maximum atomic E-state index is 11.8. The monoisotopic (exact) mass is 171 g/mol. The Labute approximate surface area is 61.0 Å². The highest BCUT2D eigenvalue weighted by Crippen LogP contribution is 2.29. The van der Waals surface area contributed by atoms with Gasteiger partial charge in [-0.25, -0.2) is 0 Å². The first-order valence-electron chi connectivity index (χ1n) is 2.76. The number of rotatable bonds is 2. The van der Waals surface area contributed by atoms with Gasteiger partial charge in [-0.1, -0.05) is 0 Å². The predicted molar refractivity (Wildman–Crippen MR) is 30.7 cm³/mol. The topological polar surface area (TPSA) is 63.3 Å². The molecular formula is C5H8F3NO2. The summed E-state index contributed by atoms with van der Waals surface area (Å²) >= 11 is 0. The summed E-state index contributed by atoms with van der Waals surface area (Å²) in [5.41, 5.74) is 1.22. The molecule has 0 aromatic carbocycles. The molecule has 0 heterocycles. The molecule has 0 radical (unpaired) electrons. The van der Waals surface area contributed by atoms with Crippen LogP contribution in [0.5, 0.6) is 0 Å². The van der Waals surface area contributed by atoms with Crippen molar-refractivity contribution in [3.05, 3.63) is 0 Å². The van der Waals surface area contributed by atoms with Crippen LogP contribution in [0.3, 0.4) is 0 Å². The standard InChI is InChI=1S/C5H8F3NO2/c1-3(10)4(11,2-9)5(6,7)8/h11H,2,9H2,1H3/t4-/m1/s1. The fraction of sp³-hybridized carbons (Fsp3) is 0.800. The summed E-state index contributed by atoms with van der Waals surface area (Å²) in [6, 6.07) is 0. The molecule has 0 rings (SSSR count). The summed E-state index contributed by atoms with van der Waals surface area (Å²) < 4.78 is 35.4. The van der Waals surface area contributed by atoms with Crippen molar-refractivity contribution in [3.8, 4) is 0 Å². The van der Waals surface area contributed by atoms with Gasteiger partial charge in [-0.3, -0.25) is 4.79 Å². The second kappa shape index (κ2) is 2.78. The second-order valence-corrected chi connectivity index (χ2v) is 2.12. The molecule has 0 aromatic heterocycles. The first-order valence-corrected chi connectivity index (χ1v) is 2.76. The number of carbonyl (C=O) groups is 1. The molecule has 6 heteroatoms. The minimum Gasteiger partial charge on any atom is -0.373 e. The number of alkyl halides is 3. The van der Waals surface area contributed by atoms with Crippen LogP contribution in [-0.4, -0.2) is 29.2 Å². The minimum atomic E-state index is -4.99. The van der Waals surface area contributed by atoms with Crippen LogP contribution in [0.2, 0.25) is 0 Å². The molecule has 0 bridgehead atoms. The Morgan fingerprint density at radius 2 is 1.91 bits per heavy atom. The summed E-state index contributed by atoms with van der Waals surface area (Å²) in [7, 11) is 0. The molecule has 0 saturated carbocycles. The van der Waals surface area contributed by atoms with Crippen molar-refractivity contribution in [2.75, 3.05) is 6.54 Å². The zero-order chi connectivity index (χ0) is 9.28. The van der Waals surface area contributed by atoms with Gasteiger partial charge >= 0.3 is 6.18 Å². The number of aliphatic hydroxyl groups is 1. The first-order chi connectivity index (χ1) is 4.75. The van der Waals surface area contributed by atoms with Gasteiger partial charge in [0.2, 0.25) is 5.60 Å². The quantitative estimate of drug-likeness (QED) is 0.606. The van der Waals surface area contributed by atoms with Crippen LogP contribution in [0.4, 0.5) is 13.2 Å². The van der Waals surface area contributed by atoms with Crippen molar-refractivity contribution in [1.29, 1.82) is 0 Å². The molecule has 0 spiro atoms. The third-order valence-electron chi connectivity index (χ3n) is 1.35. The third kappa shape index (κ3) is 1.69. The molecule has 0 saturated heterocycles. The molecule has 0 aromatic rings. The van der Waals surface area contributed by atoms with Gasteiger partial charge in [-0.05, 0) is 6.92 Å². The average Bonchev–Trinajstić information content (AvgIpc) is 1.83. The Morgan fingerprint density at radius 3 is 1.91 bits per heavy atom. The molecule has 1 atom stereocenters. The van der Waals surface area contributed by atoms with E-state index in [1.54, 1.807) is 0 Å². The Kier molecular flexibility index (Phi) is 2.63. The molecular weight excluding hydrogens is 163 g/mol. The zero-order valence-electron chi connectivity index (χ0n) is 5.77. The zero-order valence-corrected chi connectivity index (χ0v) is 5.77. The fourth-order valence-electron chi connectivity index (χ4n) is 0.459. The summed E-state index contributed by atoms with van der Waals surface area (Å²) in [6.45, 7) is -0.508. The molecule has 0 aliphatic carbocycles. The maximum Gasteiger partial charge on any atom is 0.425 e. The smallest absolute Gasteiger partial charge is 0.373 e. The lowest BCUT2D eigenvalue weighted by Gasteiger charge is -2.25. The molecule has 0 aliphatic rings. The van der Waals surface area contributed by atoms with E-state index >= 15 is 0 Å². The van der Waals surface area contributed by atoms with Crippen LogP contribution >= 0.6 is 0 Å². The molecule has 0 fully saturated rings. The van der Waals surface area contributed by atoms with E-state index in [0.29, 0.717) is 6.92 Å². The van der Waals surface area contributed by atoms with Crippen molar-refractivity contribution in [1.82, 2.24) is 0 Å². The molecule has 66 valence electrons. The Balaban J connectivity index is 4.75. The fourth-order valence-corrected chi connectivity index (χ4v) is 0.459. The van der Waals surface area contributed by atoms with Crippen molar-refractivity contribution in [3.63, 3.8) is 0 Å². The van der Waals surface area contributed by atoms with Crippen molar-refractivity contribution in [2.24, 2.45) is 5.73 Å². The molecule has 0 aliphatic heterocycles. The van der Waals surface area contributed by atoms with Gasteiger partial charge in [-0.15, -0.1) is 0 Å². The lowest BCUT2D eigenvalue weighted by Crippen LogP contribution is -2.56. The highest BCUT2D eigenvalue weighted by molar-refractivity contribution is 5.85. The van der Waals surface area contributed by atoms with E-state index < -0.39 is 24.1 Å². The Bertz CT molecular complexity index is 168. The largest absolute Gasteiger partial charge is 0.425 e.